The molecule has 1 aliphatic heterocycles. The van der Waals surface area contributed by atoms with Crippen LogP contribution in [0.2, 0.25) is 0 Å². The third-order valence-electron chi connectivity index (χ3n) is 5.07. The molecule has 1 amide bonds. The Morgan fingerprint density at radius 2 is 1.96 bits per heavy atom. The lowest BCUT2D eigenvalue weighted by molar-refractivity contribution is -0.124. The van der Waals surface area contributed by atoms with Crippen molar-refractivity contribution >= 4 is 15.7 Å². The second kappa shape index (κ2) is 7.82. The summed E-state index contributed by atoms with van der Waals surface area (Å²) < 4.78 is 24.0. The molecule has 2 atom stereocenters. The zero-order valence-electron chi connectivity index (χ0n) is 16.0. The molecule has 1 aliphatic rings. The molecule has 1 saturated heterocycles. The van der Waals surface area contributed by atoms with E-state index in [0.717, 1.165) is 35.2 Å². The molecular formula is C21H26N2O3S. The summed E-state index contributed by atoms with van der Waals surface area (Å²) in [5.41, 5.74) is 3.95. The van der Waals surface area contributed by atoms with Crippen molar-refractivity contribution in [3.05, 3.63) is 64.7 Å². The fourth-order valence-electron chi connectivity index (χ4n) is 3.55. The fourth-order valence-corrected chi connectivity index (χ4v) is 4.23. The molecule has 2 unspecified atom stereocenters. The predicted molar refractivity (Wildman–Crippen MR) is 106 cm³/mol. The Hall–Kier alpha value is -2.18. The first-order valence-corrected chi connectivity index (χ1v) is 11.0. The topological polar surface area (TPSA) is 75.3 Å². The normalized spacial score (nSPS) is 18.3. The first kappa shape index (κ1) is 19.6. The molecule has 0 aromatic heterocycles. The van der Waals surface area contributed by atoms with Crippen molar-refractivity contribution in [3.63, 3.8) is 0 Å². The molecule has 2 N–H and O–H groups in total. The smallest absolute Gasteiger partial charge is 0.225 e. The number of amides is 1. The lowest BCUT2D eigenvalue weighted by Crippen LogP contribution is -2.35. The van der Waals surface area contributed by atoms with Gasteiger partial charge in [0.1, 0.15) is 0 Å². The summed E-state index contributed by atoms with van der Waals surface area (Å²) in [6.07, 6.45) is 2.01. The van der Waals surface area contributed by atoms with Crippen molar-refractivity contribution in [2.45, 2.75) is 31.2 Å². The maximum Gasteiger partial charge on any atom is 0.225 e. The van der Waals surface area contributed by atoms with Crippen LogP contribution in [-0.2, 0) is 14.6 Å². The quantitative estimate of drug-likeness (QED) is 0.828. The van der Waals surface area contributed by atoms with E-state index in [9.17, 15) is 13.2 Å². The largest absolute Gasteiger partial charge is 0.345 e. The molecule has 0 saturated carbocycles. The summed E-state index contributed by atoms with van der Waals surface area (Å²) in [5, 5.41) is 6.37. The third kappa shape index (κ3) is 4.57. The average Bonchev–Trinajstić information content (AvgIpc) is 3.14. The summed E-state index contributed by atoms with van der Waals surface area (Å²) in [7, 11) is -3.32. The van der Waals surface area contributed by atoms with Gasteiger partial charge in [0.25, 0.3) is 0 Å². The lowest BCUT2D eigenvalue weighted by atomic mass is 9.93. The molecule has 5 nitrogen and oxygen atoms in total. The molecule has 0 spiro atoms. The van der Waals surface area contributed by atoms with Gasteiger partial charge in [-0.25, -0.2) is 8.42 Å². The fraction of sp³-hybridized carbons (Fsp3) is 0.381. The number of nitrogens with one attached hydrogen (secondary N) is 2. The van der Waals surface area contributed by atoms with Gasteiger partial charge in [-0.3, -0.25) is 4.79 Å². The summed E-state index contributed by atoms with van der Waals surface area (Å²) >= 11 is 0. The first-order valence-electron chi connectivity index (χ1n) is 9.14. The highest BCUT2D eigenvalue weighted by Gasteiger charge is 2.27. The molecule has 0 bridgehead atoms. The summed E-state index contributed by atoms with van der Waals surface area (Å²) in [6.45, 7) is 5.56. The highest BCUT2D eigenvalue weighted by Crippen LogP contribution is 2.28. The van der Waals surface area contributed by atoms with Gasteiger partial charge in [-0.1, -0.05) is 35.9 Å². The zero-order chi connectivity index (χ0) is 19.6. The third-order valence-corrected chi connectivity index (χ3v) is 6.18. The molecule has 2 aromatic carbocycles. The van der Waals surface area contributed by atoms with E-state index < -0.39 is 9.84 Å². The van der Waals surface area contributed by atoms with Crippen molar-refractivity contribution in [3.8, 4) is 0 Å². The molecule has 1 fully saturated rings. The van der Waals surface area contributed by atoms with Crippen LogP contribution in [0.15, 0.2) is 47.4 Å². The van der Waals surface area contributed by atoms with E-state index in [-0.39, 0.29) is 22.8 Å². The maximum absolute atomic E-state index is 12.8. The Morgan fingerprint density at radius 3 is 2.59 bits per heavy atom. The van der Waals surface area contributed by atoms with E-state index in [4.69, 9.17) is 0 Å². The van der Waals surface area contributed by atoms with E-state index in [1.165, 1.54) is 6.26 Å². The number of sulfone groups is 1. The maximum atomic E-state index is 12.8. The van der Waals surface area contributed by atoms with Crippen molar-refractivity contribution in [1.82, 2.24) is 10.6 Å². The molecule has 2 aromatic rings. The van der Waals surface area contributed by atoms with Crippen LogP contribution in [0.4, 0.5) is 0 Å². The van der Waals surface area contributed by atoms with E-state index in [1.54, 1.807) is 18.2 Å². The minimum Gasteiger partial charge on any atom is -0.345 e. The van der Waals surface area contributed by atoms with Gasteiger partial charge < -0.3 is 10.6 Å². The van der Waals surface area contributed by atoms with Crippen molar-refractivity contribution in [2.75, 3.05) is 19.3 Å². The summed E-state index contributed by atoms with van der Waals surface area (Å²) in [4.78, 5) is 13.0. The van der Waals surface area contributed by atoms with Crippen LogP contribution in [0.5, 0.6) is 0 Å². The Kier molecular flexibility index (Phi) is 5.67. The van der Waals surface area contributed by atoms with Crippen molar-refractivity contribution in [1.29, 1.82) is 0 Å². The molecule has 0 aliphatic carbocycles. The van der Waals surface area contributed by atoms with Gasteiger partial charge in [0.2, 0.25) is 5.91 Å². The summed E-state index contributed by atoms with van der Waals surface area (Å²) in [5.74, 6) is -0.0638. The Balaban J connectivity index is 2.03. The van der Waals surface area contributed by atoms with E-state index in [0.29, 0.717) is 6.54 Å². The van der Waals surface area contributed by atoms with Gasteiger partial charge in [0.15, 0.2) is 9.84 Å². The van der Waals surface area contributed by atoms with Gasteiger partial charge >= 0.3 is 0 Å². The SMILES string of the molecule is Cc1ccc(C(NC(=O)C2CCNC2)c2cccc(S(C)(=O)=O)c2)c(C)c1. The van der Waals surface area contributed by atoms with Gasteiger partial charge in [-0.2, -0.15) is 0 Å². The Morgan fingerprint density at radius 1 is 1.19 bits per heavy atom. The minimum atomic E-state index is -3.32. The molecule has 1 heterocycles. The number of carbonyl (C=O) groups is 1. The Bertz CT molecular complexity index is 948. The number of rotatable bonds is 5. The molecule has 0 radical (unpaired) electrons. The number of hydrogen-bond donors (Lipinski definition) is 2. The van der Waals surface area contributed by atoms with Crippen molar-refractivity contribution < 1.29 is 13.2 Å². The van der Waals surface area contributed by atoms with Gasteiger partial charge in [0.05, 0.1) is 16.9 Å². The predicted octanol–water partition coefficient (Wildman–Crippen LogP) is 2.52. The van der Waals surface area contributed by atoms with Gasteiger partial charge in [-0.05, 0) is 55.6 Å². The second-order valence-electron chi connectivity index (χ2n) is 7.34. The monoisotopic (exact) mass is 386 g/mol. The standard InChI is InChI=1S/C21H26N2O3S/c1-14-7-8-19(15(2)11-14)20(23-21(24)17-9-10-22-13-17)16-5-4-6-18(12-16)27(3,25)26/h4-8,11-12,17,20,22H,9-10,13H2,1-3H3,(H,23,24). The van der Waals surface area contributed by atoms with Crippen LogP contribution in [-0.4, -0.2) is 33.7 Å². The van der Waals surface area contributed by atoms with Gasteiger partial charge in [0, 0.05) is 12.8 Å². The summed E-state index contributed by atoms with van der Waals surface area (Å²) in [6, 6.07) is 12.5. The van der Waals surface area contributed by atoms with Gasteiger partial charge in [-0.15, -0.1) is 0 Å². The minimum absolute atomic E-state index is 0.00488. The van der Waals surface area contributed by atoms with E-state index in [2.05, 4.69) is 16.7 Å². The highest BCUT2D eigenvalue weighted by molar-refractivity contribution is 7.90. The van der Waals surface area contributed by atoms with Crippen LogP contribution < -0.4 is 10.6 Å². The molecule has 144 valence electrons. The highest BCUT2D eigenvalue weighted by atomic mass is 32.2. The molecule has 3 rings (SSSR count). The van der Waals surface area contributed by atoms with E-state index >= 15 is 0 Å². The average molecular weight is 387 g/mol. The van der Waals surface area contributed by atoms with Crippen LogP contribution in [0.25, 0.3) is 0 Å². The number of benzene rings is 2. The molecular weight excluding hydrogens is 360 g/mol. The van der Waals surface area contributed by atoms with E-state index in [1.807, 2.05) is 32.0 Å². The van der Waals surface area contributed by atoms with Crippen LogP contribution in [0.1, 0.15) is 34.7 Å². The lowest BCUT2D eigenvalue weighted by Gasteiger charge is -2.24. The molecule has 27 heavy (non-hydrogen) atoms. The van der Waals surface area contributed by atoms with Crippen LogP contribution in [0.3, 0.4) is 0 Å². The number of hydrogen-bond acceptors (Lipinski definition) is 4. The van der Waals surface area contributed by atoms with Crippen LogP contribution in [0, 0.1) is 19.8 Å². The Labute approximate surface area is 161 Å². The van der Waals surface area contributed by atoms with Crippen molar-refractivity contribution in [2.24, 2.45) is 5.92 Å². The first-order chi connectivity index (χ1) is 12.8. The van der Waals surface area contributed by atoms with Crippen LogP contribution >= 0.6 is 0 Å². The number of carbonyl (C=O) groups excluding carboxylic acids is 1. The molecule has 6 heteroatoms. The second-order valence-corrected chi connectivity index (χ2v) is 9.35. The zero-order valence-corrected chi connectivity index (χ0v) is 16.8. The number of aryl methyl sites for hydroxylation is 2.